The Labute approximate surface area is 120 Å². The molecule has 2 aromatic rings. The smallest absolute Gasteiger partial charge is 0.127 e. The number of nitrogens with two attached hydrogens (primary N) is 1. The average Bonchev–Trinajstić information content (AvgIpc) is 2.38. The normalized spacial score (nSPS) is 10.5. The van der Waals surface area contributed by atoms with Crippen molar-refractivity contribution in [3.8, 4) is 5.75 Å². The fraction of sp³-hybridized carbons (Fsp3) is 0.200. The van der Waals surface area contributed by atoms with E-state index >= 15 is 0 Å². The number of hydrogen-bond acceptors (Lipinski definition) is 2. The molecule has 0 aliphatic carbocycles. The molecule has 0 atom stereocenters. The highest BCUT2D eigenvalue weighted by Crippen LogP contribution is 2.19. The Kier molecular flexibility index (Phi) is 4.93. The van der Waals surface area contributed by atoms with Crippen LogP contribution in [0.5, 0.6) is 5.75 Å². The molecule has 0 saturated carbocycles. The van der Waals surface area contributed by atoms with Crippen molar-refractivity contribution in [3.63, 3.8) is 0 Å². The molecule has 0 saturated heterocycles. The Morgan fingerprint density at radius 1 is 1.05 bits per heavy atom. The molecule has 100 valence electrons. The monoisotopic (exact) mass is 323 g/mol. The van der Waals surface area contributed by atoms with Crippen LogP contribution in [0.1, 0.15) is 11.1 Å². The predicted molar refractivity (Wildman–Crippen MR) is 77.6 cm³/mol. The topological polar surface area (TPSA) is 35.2 Å². The number of halogens is 2. The molecule has 4 heteroatoms. The van der Waals surface area contributed by atoms with Crippen LogP contribution in [0.15, 0.2) is 46.9 Å². The van der Waals surface area contributed by atoms with Gasteiger partial charge in [0.25, 0.3) is 0 Å². The van der Waals surface area contributed by atoms with E-state index in [9.17, 15) is 4.39 Å². The molecule has 0 spiro atoms. The summed E-state index contributed by atoms with van der Waals surface area (Å²) in [5.41, 5.74) is 7.36. The summed E-state index contributed by atoms with van der Waals surface area (Å²) >= 11 is 3.38. The van der Waals surface area contributed by atoms with Crippen LogP contribution in [-0.2, 0) is 13.0 Å². The van der Waals surface area contributed by atoms with E-state index < -0.39 is 0 Å². The number of hydrogen-bond donors (Lipinski definition) is 1. The van der Waals surface area contributed by atoms with Crippen molar-refractivity contribution in [1.82, 2.24) is 0 Å². The molecule has 2 rings (SSSR count). The predicted octanol–water partition coefficient (Wildman–Crippen LogP) is 3.67. The van der Waals surface area contributed by atoms with Crippen LogP contribution < -0.4 is 10.5 Å². The Bertz CT molecular complexity index is 542. The van der Waals surface area contributed by atoms with Crippen molar-refractivity contribution in [3.05, 3.63) is 63.9 Å². The zero-order valence-corrected chi connectivity index (χ0v) is 12.0. The Balaban J connectivity index is 2.04. The van der Waals surface area contributed by atoms with Gasteiger partial charge in [-0.25, -0.2) is 4.39 Å². The highest BCUT2D eigenvalue weighted by Gasteiger charge is 2.02. The third kappa shape index (κ3) is 4.33. The third-order valence-electron chi connectivity index (χ3n) is 2.68. The summed E-state index contributed by atoms with van der Waals surface area (Å²) in [5.74, 6) is 0.239. The van der Waals surface area contributed by atoms with Crippen LogP contribution in [0.25, 0.3) is 0 Å². The van der Waals surface area contributed by atoms with Gasteiger partial charge < -0.3 is 10.5 Å². The van der Waals surface area contributed by atoms with E-state index in [2.05, 4.69) is 15.9 Å². The Morgan fingerprint density at radius 2 is 1.79 bits per heavy atom. The average molecular weight is 324 g/mol. The fourth-order valence-electron chi connectivity index (χ4n) is 1.76. The maximum Gasteiger partial charge on any atom is 0.127 e. The first-order chi connectivity index (χ1) is 9.17. The minimum Gasteiger partial charge on any atom is -0.489 e. The molecule has 0 aliphatic heterocycles. The summed E-state index contributed by atoms with van der Waals surface area (Å²) in [5, 5.41) is 0. The first-order valence-corrected chi connectivity index (χ1v) is 6.83. The molecule has 2 aromatic carbocycles. The van der Waals surface area contributed by atoms with Crippen LogP contribution in [0.2, 0.25) is 0 Å². The summed E-state index contributed by atoms with van der Waals surface area (Å²) in [6.07, 6.45) is 0.645. The van der Waals surface area contributed by atoms with Crippen LogP contribution in [0.3, 0.4) is 0 Å². The summed E-state index contributed by atoms with van der Waals surface area (Å²) in [4.78, 5) is 0. The summed E-state index contributed by atoms with van der Waals surface area (Å²) in [6.45, 7) is 0.911. The van der Waals surface area contributed by atoms with Gasteiger partial charge in [0.15, 0.2) is 0 Å². The van der Waals surface area contributed by atoms with E-state index in [1.54, 1.807) is 0 Å². The second kappa shape index (κ2) is 6.68. The molecule has 0 bridgehead atoms. The van der Waals surface area contributed by atoms with E-state index in [0.29, 0.717) is 25.3 Å². The van der Waals surface area contributed by atoms with E-state index in [1.165, 1.54) is 12.1 Å². The molecule has 0 aromatic heterocycles. The minimum absolute atomic E-state index is 0.295. The van der Waals surface area contributed by atoms with Gasteiger partial charge in [0.2, 0.25) is 0 Å². The number of benzene rings is 2. The van der Waals surface area contributed by atoms with Gasteiger partial charge in [-0.2, -0.15) is 0 Å². The Hall–Kier alpha value is -1.39. The fourth-order valence-corrected chi connectivity index (χ4v) is 2.03. The van der Waals surface area contributed by atoms with Crippen LogP contribution >= 0.6 is 15.9 Å². The second-order valence-corrected chi connectivity index (χ2v) is 5.16. The van der Waals surface area contributed by atoms with Gasteiger partial charge in [-0.05, 0) is 48.4 Å². The Morgan fingerprint density at radius 3 is 2.47 bits per heavy atom. The summed E-state index contributed by atoms with van der Waals surface area (Å²) < 4.78 is 20.0. The zero-order chi connectivity index (χ0) is 13.7. The molecule has 0 fully saturated rings. The standard InChI is InChI=1S/C15H15BrFNO/c16-13-3-1-11(2-4-13)10-19-15-8-12(5-6-18)7-14(17)9-15/h1-4,7-9H,5-6,10,18H2. The first-order valence-electron chi connectivity index (χ1n) is 6.04. The van der Waals surface area contributed by atoms with Gasteiger partial charge in [0, 0.05) is 10.5 Å². The first kappa shape index (κ1) is 14.0. The van der Waals surface area contributed by atoms with Crippen LogP contribution in [0.4, 0.5) is 4.39 Å². The maximum absolute atomic E-state index is 13.4. The lowest BCUT2D eigenvalue weighted by molar-refractivity contribution is 0.304. The van der Waals surface area contributed by atoms with Gasteiger partial charge in [0.05, 0.1) is 0 Å². The molecule has 0 radical (unpaired) electrons. The van der Waals surface area contributed by atoms with E-state index in [1.807, 2.05) is 30.3 Å². The van der Waals surface area contributed by atoms with Crippen molar-refractivity contribution < 1.29 is 9.13 Å². The lowest BCUT2D eigenvalue weighted by Gasteiger charge is -2.08. The van der Waals surface area contributed by atoms with Crippen molar-refractivity contribution in [2.45, 2.75) is 13.0 Å². The largest absolute Gasteiger partial charge is 0.489 e. The number of ether oxygens (including phenoxy) is 1. The maximum atomic E-state index is 13.4. The van der Waals surface area contributed by atoms with Gasteiger partial charge in [0.1, 0.15) is 18.2 Å². The lowest BCUT2D eigenvalue weighted by atomic mass is 10.1. The van der Waals surface area contributed by atoms with Gasteiger partial charge in [-0.15, -0.1) is 0 Å². The molecule has 0 unspecified atom stereocenters. The highest BCUT2D eigenvalue weighted by molar-refractivity contribution is 9.10. The zero-order valence-electron chi connectivity index (χ0n) is 10.4. The molecular formula is C15H15BrFNO. The molecule has 2 nitrogen and oxygen atoms in total. The second-order valence-electron chi connectivity index (χ2n) is 4.25. The van der Waals surface area contributed by atoms with Crippen molar-refractivity contribution in [1.29, 1.82) is 0 Å². The van der Waals surface area contributed by atoms with E-state index in [0.717, 1.165) is 15.6 Å². The van der Waals surface area contributed by atoms with Crippen molar-refractivity contribution >= 4 is 15.9 Å². The van der Waals surface area contributed by atoms with Gasteiger partial charge >= 0.3 is 0 Å². The van der Waals surface area contributed by atoms with Crippen molar-refractivity contribution in [2.24, 2.45) is 5.73 Å². The summed E-state index contributed by atoms with van der Waals surface area (Å²) in [7, 11) is 0. The molecule has 0 aliphatic rings. The molecule has 0 heterocycles. The lowest BCUT2D eigenvalue weighted by Crippen LogP contribution is -2.03. The van der Waals surface area contributed by atoms with Crippen LogP contribution in [-0.4, -0.2) is 6.54 Å². The molecule has 0 amide bonds. The third-order valence-corrected chi connectivity index (χ3v) is 3.21. The van der Waals surface area contributed by atoms with Crippen LogP contribution in [0, 0.1) is 5.82 Å². The quantitative estimate of drug-likeness (QED) is 0.911. The van der Waals surface area contributed by atoms with Gasteiger partial charge in [-0.3, -0.25) is 0 Å². The highest BCUT2D eigenvalue weighted by atomic mass is 79.9. The minimum atomic E-state index is -0.295. The van der Waals surface area contributed by atoms with E-state index in [4.69, 9.17) is 10.5 Å². The number of rotatable bonds is 5. The molecule has 19 heavy (non-hydrogen) atoms. The van der Waals surface area contributed by atoms with Gasteiger partial charge in [-0.1, -0.05) is 28.1 Å². The molecular weight excluding hydrogens is 309 g/mol. The summed E-state index contributed by atoms with van der Waals surface area (Å²) in [6, 6.07) is 12.5. The SMILES string of the molecule is NCCc1cc(F)cc(OCc2ccc(Br)cc2)c1. The van der Waals surface area contributed by atoms with E-state index in [-0.39, 0.29) is 5.82 Å². The van der Waals surface area contributed by atoms with Crippen molar-refractivity contribution in [2.75, 3.05) is 6.54 Å². The molecule has 2 N–H and O–H groups in total.